The number of rotatable bonds is 13. The average Bonchev–Trinajstić information content (AvgIpc) is 2.72. The second-order valence-corrected chi connectivity index (χ2v) is 7.26. The summed E-state index contributed by atoms with van der Waals surface area (Å²) in [6.07, 6.45) is -1.29. The van der Waals surface area contributed by atoms with Crippen LogP contribution < -0.4 is 27.4 Å². The fraction of sp³-hybridized carbons (Fsp3) is 0.400. The predicted octanol–water partition coefficient (Wildman–Crippen LogP) is -2.53. The molecule has 33 heavy (non-hydrogen) atoms. The average molecular weight is 465 g/mol. The first-order chi connectivity index (χ1) is 15.4. The van der Waals surface area contributed by atoms with E-state index < -0.39 is 72.6 Å². The van der Waals surface area contributed by atoms with Crippen LogP contribution in [0.1, 0.15) is 25.3 Å². The van der Waals surface area contributed by atoms with Gasteiger partial charge in [-0.1, -0.05) is 30.3 Å². The van der Waals surface area contributed by atoms with E-state index in [0.717, 1.165) is 0 Å². The standard InChI is InChI=1S/C20H27N5O8/c1-10(17(29)25-14(20(32)33)9-15(22)26)23-19(31)13(7-11-5-3-2-4-6-11)24-18(30)12(21)8-16(27)28/h2-6,10,12-14H,7-9,21H2,1H3,(H2,22,26)(H,23,31)(H,24,30)(H,25,29)(H,27,28)(H,32,33). The van der Waals surface area contributed by atoms with Gasteiger partial charge in [0.15, 0.2) is 0 Å². The van der Waals surface area contributed by atoms with Crippen LogP contribution in [0.4, 0.5) is 0 Å². The van der Waals surface area contributed by atoms with Gasteiger partial charge in [-0.15, -0.1) is 0 Å². The molecular formula is C20H27N5O8. The van der Waals surface area contributed by atoms with Crippen LogP contribution in [0.15, 0.2) is 30.3 Å². The normalized spacial score (nSPS) is 14.1. The predicted molar refractivity (Wildman–Crippen MR) is 113 cm³/mol. The molecule has 1 aromatic carbocycles. The maximum absolute atomic E-state index is 12.8. The molecule has 0 spiro atoms. The lowest BCUT2D eigenvalue weighted by Gasteiger charge is -2.23. The topological polar surface area (TPSA) is 231 Å². The summed E-state index contributed by atoms with van der Waals surface area (Å²) in [6, 6.07) is 3.12. The number of amides is 4. The van der Waals surface area contributed by atoms with E-state index in [4.69, 9.17) is 21.7 Å². The lowest BCUT2D eigenvalue weighted by molar-refractivity contribution is -0.143. The summed E-state index contributed by atoms with van der Waals surface area (Å²) in [5.74, 6) is -6.29. The number of carbonyl (C=O) groups is 6. The second-order valence-electron chi connectivity index (χ2n) is 7.26. The summed E-state index contributed by atoms with van der Waals surface area (Å²) in [5, 5.41) is 24.7. The van der Waals surface area contributed by atoms with E-state index >= 15 is 0 Å². The first-order valence-corrected chi connectivity index (χ1v) is 9.84. The molecule has 0 fully saturated rings. The van der Waals surface area contributed by atoms with Gasteiger partial charge in [0.25, 0.3) is 0 Å². The van der Waals surface area contributed by atoms with Gasteiger partial charge in [-0.05, 0) is 12.5 Å². The maximum Gasteiger partial charge on any atom is 0.326 e. The molecule has 0 aliphatic carbocycles. The molecule has 0 aromatic heterocycles. The van der Waals surface area contributed by atoms with Crippen molar-refractivity contribution in [2.45, 2.75) is 50.4 Å². The highest BCUT2D eigenvalue weighted by atomic mass is 16.4. The zero-order valence-electron chi connectivity index (χ0n) is 17.8. The zero-order valence-corrected chi connectivity index (χ0v) is 17.8. The number of hydrogen-bond acceptors (Lipinski definition) is 7. The highest BCUT2D eigenvalue weighted by Gasteiger charge is 2.29. The van der Waals surface area contributed by atoms with Crippen molar-refractivity contribution >= 4 is 35.6 Å². The summed E-state index contributed by atoms with van der Waals surface area (Å²) in [7, 11) is 0. The first kappa shape index (κ1) is 27.0. The molecule has 0 bridgehead atoms. The molecular weight excluding hydrogens is 438 g/mol. The molecule has 13 nitrogen and oxygen atoms in total. The summed E-state index contributed by atoms with van der Waals surface area (Å²) in [4.78, 5) is 70.3. The van der Waals surface area contributed by atoms with Gasteiger partial charge in [0.1, 0.15) is 18.1 Å². The van der Waals surface area contributed by atoms with Crippen molar-refractivity contribution in [3.8, 4) is 0 Å². The number of benzene rings is 1. The molecule has 4 unspecified atom stereocenters. The largest absolute Gasteiger partial charge is 0.481 e. The van der Waals surface area contributed by atoms with E-state index in [0.29, 0.717) is 5.56 Å². The minimum absolute atomic E-state index is 0.00592. The SMILES string of the molecule is CC(NC(=O)C(Cc1ccccc1)NC(=O)C(N)CC(=O)O)C(=O)NC(CC(N)=O)C(=O)O. The highest BCUT2D eigenvalue weighted by Crippen LogP contribution is 2.05. The van der Waals surface area contributed by atoms with Crippen molar-refractivity contribution < 1.29 is 39.0 Å². The lowest BCUT2D eigenvalue weighted by Crippen LogP contribution is -2.57. The second kappa shape index (κ2) is 12.8. The van der Waals surface area contributed by atoms with Crippen molar-refractivity contribution in [1.29, 1.82) is 0 Å². The van der Waals surface area contributed by atoms with Gasteiger partial charge in [0.2, 0.25) is 23.6 Å². The van der Waals surface area contributed by atoms with Gasteiger partial charge >= 0.3 is 11.9 Å². The number of aliphatic carboxylic acids is 2. The van der Waals surface area contributed by atoms with Gasteiger partial charge in [0, 0.05) is 6.42 Å². The van der Waals surface area contributed by atoms with Crippen molar-refractivity contribution in [3.63, 3.8) is 0 Å². The molecule has 0 radical (unpaired) electrons. The third kappa shape index (κ3) is 9.78. The third-order valence-electron chi connectivity index (χ3n) is 4.42. The Balaban J connectivity index is 2.91. The van der Waals surface area contributed by atoms with Gasteiger partial charge in [-0.25, -0.2) is 4.79 Å². The molecule has 0 aliphatic rings. The smallest absolute Gasteiger partial charge is 0.326 e. The number of hydrogen-bond donors (Lipinski definition) is 7. The van der Waals surface area contributed by atoms with Crippen LogP contribution in [-0.4, -0.2) is 69.9 Å². The third-order valence-corrected chi connectivity index (χ3v) is 4.42. The molecule has 0 aliphatic heterocycles. The van der Waals surface area contributed by atoms with Gasteiger partial charge in [-0.2, -0.15) is 0 Å². The van der Waals surface area contributed by atoms with Gasteiger partial charge in [0.05, 0.1) is 18.9 Å². The lowest BCUT2D eigenvalue weighted by atomic mass is 10.0. The Kier molecular flexibility index (Phi) is 10.5. The van der Waals surface area contributed by atoms with Crippen LogP contribution in [-0.2, 0) is 35.2 Å². The van der Waals surface area contributed by atoms with Crippen molar-refractivity contribution in [2.24, 2.45) is 11.5 Å². The summed E-state index contributed by atoms with van der Waals surface area (Å²) < 4.78 is 0. The summed E-state index contributed by atoms with van der Waals surface area (Å²) >= 11 is 0. The highest BCUT2D eigenvalue weighted by molar-refractivity contribution is 5.95. The van der Waals surface area contributed by atoms with Crippen molar-refractivity contribution in [3.05, 3.63) is 35.9 Å². The minimum atomic E-state index is -1.58. The number of carbonyl (C=O) groups excluding carboxylic acids is 4. The number of primary amides is 1. The van der Waals surface area contributed by atoms with Crippen LogP contribution in [0.25, 0.3) is 0 Å². The van der Waals surface area contributed by atoms with E-state index in [1.54, 1.807) is 30.3 Å². The number of carboxylic acid groups (broad SMARTS) is 2. The van der Waals surface area contributed by atoms with E-state index in [1.807, 2.05) is 0 Å². The molecule has 9 N–H and O–H groups in total. The summed E-state index contributed by atoms with van der Waals surface area (Å²) in [6.45, 7) is 1.27. The minimum Gasteiger partial charge on any atom is -0.481 e. The molecule has 1 rings (SSSR count). The Hall–Kier alpha value is -4.00. The Labute approximate surface area is 188 Å². The zero-order chi connectivity index (χ0) is 25.1. The van der Waals surface area contributed by atoms with E-state index in [1.165, 1.54) is 6.92 Å². The summed E-state index contributed by atoms with van der Waals surface area (Å²) in [5.41, 5.74) is 11.2. The van der Waals surface area contributed by atoms with E-state index in [-0.39, 0.29) is 6.42 Å². The Morgan fingerprint density at radius 1 is 0.848 bits per heavy atom. The Morgan fingerprint density at radius 2 is 1.42 bits per heavy atom. The monoisotopic (exact) mass is 465 g/mol. The molecule has 4 atom stereocenters. The molecule has 180 valence electrons. The molecule has 1 aromatic rings. The van der Waals surface area contributed by atoms with Crippen LogP contribution >= 0.6 is 0 Å². The number of nitrogens with two attached hydrogens (primary N) is 2. The fourth-order valence-electron chi connectivity index (χ4n) is 2.70. The van der Waals surface area contributed by atoms with Crippen molar-refractivity contribution in [2.75, 3.05) is 0 Å². The van der Waals surface area contributed by atoms with Crippen LogP contribution in [0.2, 0.25) is 0 Å². The maximum atomic E-state index is 12.8. The first-order valence-electron chi connectivity index (χ1n) is 9.84. The molecule has 0 saturated heterocycles. The molecule has 13 heteroatoms. The van der Waals surface area contributed by atoms with E-state index in [9.17, 15) is 28.8 Å². The molecule has 0 saturated carbocycles. The number of nitrogens with one attached hydrogen (secondary N) is 3. The number of carboxylic acids is 2. The van der Waals surface area contributed by atoms with Gasteiger partial charge in [-0.3, -0.25) is 24.0 Å². The Bertz CT molecular complexity index is 892. The van der Waals surface area contributed by atoms with Gasteiger partial charge < -0.3 is 37.6 Å². The Morgan fingerprint density at radius 3 is 1.94 bits per heavy atom. The van der Waals surface area contributed by atoms with E-state index in [2.05, 4.69) is 16.0 Å². The quantitative estimate of drug-likeness (QED) is 0.162. The molecule has 0 heterocycles. The van der Waals surface area contributed by atoms with Crippen LogP contribution in [0.3, 0.4) is 0 Å². The fourth-order valence-corrected chi connectivity index (χ4v) is 2.70. The van der Waals surface area contributed by atoms with Crippen LogP contribution in [0, 0.1) is 0 Å². The molecule has 4 amide bonds. The van der Waals surface area contributed by atoms with Crippen molar-refractivity contribution in [1.82, 2.24) is 16.0 Å². The van der Waals surface area contributed by atoms with Crippen LogP contribution in [0.5, 0.6) is 0 Å².